The van der Waals surface area contributed by atoms with Crippen LogP contribution in [0.2, 0.25) is 0 Å². The van der Waals surface area contributed by atoms with E-state index in [0.29, 0.717) is 32.2 Å². The summed E-state index contributed by atoms with van der Waals surface area (Å²) in [7, 11) is 5.07. The number of methoxy groups -OCH3 is 2. The second kappa shape index (κ2) is 39.2. The third-order valence-electron chi connectivity index (χ3n) is 18.3. The summed E-state index contributed by atoms with van der Waals surface area (Å²) in [6.07, 6.45) is -19.0. The van der Waals surface area contributed by atoms with Crippen LogP contribution in [0.15, 0.2) is 82.6 Å². The number of amides is 5. The highest BCUT2D eigenvalue weighted by Crippen LogP contribution is 2.43. The van der Waals surface area contributed by atoms with Gasteiger partial charge in [-0.1, -0.05) is 63.1 Å². The van der Waals surface area contributed by atoms with Gasteiger partial charge in [-0.3, -0.25) is 38.9 Å². The van der Waals surface area contributed by atoms with Crippen LogP contribution in [0.4, 0.5) is 4.79 Å². The minimum absolute atomic E-state index is 0.0102. The van der Waals surface area contributed by atoms with Crippen molar-refractivity contribution in [2.45, 2.75) is 220 Å². The largest absolute Gasteiger partial charge is 0.494 e. The number of ketones is 1. The van der Waals surface area contributed by atoms with Gasteiger partial charge in [0.05, 0.1) is 83.9 Å². The molecule has 2 aromatic carbocycles. The molecule has 2 aromatic rings. The first-order valence-corrected chi connectivity index (χ1v) is 39.1. The third-order valence-corrected chi connectivity index (χ3v) is 23.7. The summed E-state index contributed by atoms with van der Waals surface area (Å²) in [6.45, 7) is 12.0. The number of thioether (sulfide) groups is 1. The third kappa shape index (κ3) is 22.4. The number of aliphatic hydroxyl groups is 7. The summed E-state index contributed by atoms with van der Waals surface area (Å²) in [5.41, 5.74) is 3.57. The molecule has 5 fully saturated rings. The fourth-order valence-electron chi connectivity index (χ4n) is 12.6. The number of hydroxylamine groups is 3. The van der Waals surface area contributed by atoms with E-state index in [2.05, 4.69) is 45.0 Å². The molecular formula is C72H89IN6O27S3. The molecule has 0 spiro atoms. The fraction of sp³-hybridized carbons (Fsp3) is 0.569. The topological polar surface area (TPSA) is 444 Å². The number of fused-ring (bicyclic) bond motifs is 2. The highest BCUT2D eigenvalue weighted by molar-refractivity contribution is 14.1. The number of allylic oxidation sites excluding steroid dienone is 3. The van der Waals surface area contributed by atoms with Gasteiger partial charge in [-0.15, -0.1) is 5.06 Å². The van der Waals surface area contributed by atoms with Crippen LogP contribution in [-0.4, -0.2) is 258 Å². The lowest BCUT2D eigenvalue weighted by Gasteiger charge is -2.46. The maximum absolute atomic E-state index is 14.4. The second-order valence-electron chi connectivity index (χ2n) is 26.7. The Kier molecular flexibility index (Phi) is 31.1. The van der Waals surface area contributed by atoms with Crippen molar-refractivity contribution in [1.29, 1.82) is 0 Å². The monoisotopic (exact) mass is 1690 g/mol. The van der Waals surface area contributed by atoms with Crippen molar-refractivity contribution in [1.82, 2.24) is 26.2 Å². The minimum Gasteiger partial charge on any atom is -0.494 e. The van der Waals surface area contributed by atoms with Gasteiger partial charge < -0.3 is 92.9 Å². The number of rotatable bonds is 29. The molecule has 0 saturated carbocycles. The van der Waals surface area contributed by atoms with Gasteiger partial charge >= 0.3 is 12.1 Å². The molecule has 109 heavy (non-hydrogen) atoms. The van der Waals surface area contributed by atoms with Crippen LogP contribution in [-0.2, 0) is 76.3 Å². The van der Waals surface area contributed by atoms with Gasteiger partial charge in [0.25, 0.3) is 11.8 Å². The van der Waals surface area contributed by atoms with E-state index in [1.165, 1.54) is 72.9 Å². The van der Waals surface area contributed by atoms with Gasteiger partial charge in [-0.25, -0.2) is 15.0 Å². The van der Waals surface area contributed by atoms with Crippen LogP contribution in [0.1, 0.15) is 116 Å². The molecule has 19 atom stereocenters. The van der Waals surface area contributed by atoms with E-state index in [1.54, 1.807) is 56.0 Å². The molecule has 0 unspecified atom stereocenters. The van der Waals surface area contributed by atoms with Crippen LogP contribution in [0, 0.1) is 27.3 Å². The van der Waals surface area contributed by atoms with Gasteiger partial charge in [0, 0.05) is 79.9 Å². The Hall–Kier alpha value is -6.65. The number of ether oxygens (including phenoxy) is 10. The van der Waals surface area contributed by atoms with Crippen molar-refractivity contribution < 1.29 is 131 Å². The van der Waals surface area contributed by atoms with E-state index >= 15 is 0 Å². The minimum atomic E-state index is -2.29. The maximum atomic E-state index is 14.4. The molecule has 5 aliphatic heterocycles. The van der Waals surface area contributed by atoms with E-state index in [1.807, 2.05) is 36.4 Å². The first-order valence-electron chi connectivity index (χ1n) is 34.9. The van der Waals surface area contributed by atoms with Crippen molar-refractivity contribution in [2.24, 2.45) is 5.10 Å². The first-order chi connectivity index (χ1) is 51.8. The number of Topliss-reactive ketones (excluding diaryl/α,β-unsaturated/α-hetero) is 1. The van der Waals surface area contributed by atoms with Gasteiger partial charge in [0.15, 0.2) is 36.5 Å². The van der Waals surface area contributed by atoms with E-state index in [0.717, 1.165) is 18.9 Å². The second-order valence-corrected chi connectivity index (χ2v) is 32.1. The average Bonchev–Trinajstić information content (AvgIpc) is 1.43. The lowest BCUT2D eigenvalue weighted by Crippen LogP contribution is -2.65. The van der Waals surface area contributed by atoms with Crippen molar-refractivity contribution in [2.75, 3.05) is 39.7 Å². The molecule has 5 heterocycles. The van der Waals surface area contributed by atoms with E-state index < -0.39 is 173 Å². The normalized spacial score (nSPS) is 31.3. The lowest BCUT2D eigenvalue weighted by atomic mass is 9.75. The van der Waals surface area contributed by atoms with E-state index in [9.17, 15) is 74.1 Å². The standard InChI is InChI=1S/C72H89IN6O27S3/c1-10-78(39(5)80)45-35-98-55(32-50(45)95-8)103-64-61(88)59(77-105-56-31-46(81)65(38(4)99-56)108-67(92)41-20-23-48(44(73)30-41)101-68-63(90)62(89)60(87)37(3)100-68)66(91)104-69(64)102-49-16-13-11-12-14-27-72(94)33-47(82)58(74-70(93)96-9)57(49)43(72)26-29-107-109-71(6,7)34-51(83)76-75-36(2)40-18-21-42(22-19-40)97-28-15-17-54(86)106-79-52(84)24-25-53(79)85/h11-12,18-23,26,30,37-38,45-46,49-50,55-56,59-66,68-69,77,81,87-91,94H,10,15,17,24-25,28-29,31-35H2,1-9H3,(H,74,93)(H,76,83)/b12-11-,43-26-,75-36+/t37-,38-,45+,46+,49+,50+,55+,56+,59+,60+,61-,62-,63-,64-,65-,66+,68+,69-,72+/m1/s1. The van der Waals surface area contributed by atoms with E-state index in [4.69, 9.17) is 57.0 Å². The summed E-state index contributed by atoms with van der Waals surface area (Å²) in [6, 6.07) is 9.10. The number of nitrogens with one attached hydrogen (secondary N) is 3. The average molecular weight is 1690 g/mol. The number of likely N-dealkylation sites (N-methyl/N-ethyl adjacent to an activating group) is 1. The molecule has 594 valence electrons. The molecule has 2 bridgehead atoms. The van der Waals surface area contributed by atoms with E-state index in [-0.39, 0.29) is 92.3 Å². The summed E-state index contributed by atoms with van der Waals surface area (Å²) in [5.74, 6) is 8.60. The number of benzene rings is 2. The molecular weight excluding hydrogens is 1600 g/mol. The number of hydrogen-bond acceptors (Lipinski definition) is 32. The van der Waals surface area contributed by atoms with Gasteiger partial charge in [0.1, 0.15) is 54.2 Å². The number of halogens is 1. The number of imide groups is 1. The van der Waals surface area contributed by atoms with Crippen LogP contribution in [0.25, 0.3) is 0 Å². The maximum Gasteiger partial charge on any atom is 0.411 e. The Labute approximate surface area is 653 Å². The Morgan fingerprint density at radius 2 is 1.59 bits per heavy atom. The number of carbonyl (C=O) groups is 8. The Bertz CT molecular complexity index is 3890. The molecule has 37 heteroatoms. The quantitative estimate of drug-likeness (QED) is 0.0106. The number of hydrogen-bond donors (Lipinski definition) is 10. The van der Waals surface area contributed by atoms with Crippen molar-refractivity contribution in [3.8, 4) is 35.2 Å². The molecule has 10 N–H and O–H groups in total. The zero-order chi connectivity index (χ0) is 79.2. The van der Waals surface area contributed by atoms with Crippen molar-refractivity contribution >= 4 is 108 Å². The Morgan fingerprint density at radius 1 is 0.872 bits per heavy atom. The SMILES string of the molecule is CCN(C(C)=O)[C@H]1CO[C@@H](O[C@H]2[C@H](O[C@H]3C#C/C=C\C#C[C@]4(O)CC(=O)C(NC(=O)OC)=C3/C4=C/CSSC(C)(C)CC(=O)N/N=C(\C)c3ccc(OCCCC(=O)ON4C(=O)CCC4=O)cc3)O[C@H](O)[C@@H](NO[C@H]3C[C@H](O)[C@H](SC(=O)c4ccc(O[C@@H]5O[C@H](C)[C@H](O)[C@@H](O)[C@H]5O)c(I)c4)[C@@H](C)O3)[C@H]2O)C[C@@H]1OC. The molecule has 7 aliphatic rings. The Balaban J connectivity index is 0.880. The summed E-state index contributed by atoms with van der Waals surface area (Å²) in [4.78, 5) is 116. The predicted molar refractivity (Wildman–Crippen MR) is 397 cm³/mol. The summed E-state index contributed by atoms with van der Waals surface area (Å²) >= 11 is 2.73. The van der Waals surface area contributed by atoms with Crippen LogP contribution in [0.5, 0.6) is 11.5 Å². The van der Waals surface area contributed by atoms with Gasteiger partial charge in [-0.2, -0.15) is 10.6 Å². The van der Waals surface area contributed by atoms with Gasteiger partial charge in [0.2, 0.25) is 23.2 Å². The van der Waals surface area contributed by atoms with Gasteiger partial charge in [-0.05, 0) is 131 Å². The molecule has 2 aliphatic carbocycles. The van der Waals surface area contributed by atoms with Crippen LogP contribution in [0.3, 0.4) is 0 Å². The predicted octanol–water partition coefficient (Wildman–Crippen LogP) is 2.60. The number of hydrazone groups is 1. The van der Waals surface area contributed by atoms with Crippen LogP contribution < -0.4 is 25.7 Å². The summed E-state index contributed by atoms with van der Waals surface area (Å²) < 4.78 is 59.4. The molecule has 0 aromatic heterocycles. The van der Waals surface area contributed by atoms with Crippen LogP contribution >= 0.6 is 55.9 Å². The molecule has 33 nitrogen and oxygen atoms in total. The zero-order valence-corrected chi connectivity index (χ0v) is 65.5. The number of aliphatic hydroxyl groups excluding tert-OH is 6. The fourth-order valence-corrected chi connectivity index (χ4v) is 16.6. The van der Waals surface area contributed by atoms with Crippen molar-refractivity contribution in [3.63, 3.8) is 0 Å². The smallest absolute Gasteiger partial charge is 0.411 e. The zero-order valence-electron chi connectivity index (χ0n) is 60.9. The molecule has 5 amide bonds. The van der Waals surface area contributed by atoms with Crippen molar-refractivity contribution in [3.05, 3.63) is 92.2 Å². The summed E-state index contributed by atoms with van der Waals surface area (Å²) in [5, 5.41) is 85.6. The molecule has 5 saturated heterocycles. The number of alkyl carbamates (subject to hydrolysis) is 1. The number of nitrogens with zero attached hydrogens (tertiary/aromatic N) is 3. The Morgan fingerprint density at radius 3 is 2.27 bits per heavy atom. The molecule has 9 rings (SSSR count). The lowest BCUT2D eigenvalue weighted by molar-refractivity contribution is -0.365. The highest BCUT2D eigenvalue weighted by Gasteiger charge is 2.53. The first kappa shape index (κ1) is 86.3. The molecule has 0 radical (unpaired) electrons. The highest BCUT2D eigenvalue weighted by atomic mass is 127. The number of carbonyl (C=O) groups excluding carboxylic acids is 8.